The van der Waals surface area contributed by atoms with Crippen molar-refractivity contribution >= 4 is 23.8 Å². The van der Waals surface area contributed by atoms with Crippen LogP contribution in [0.5, 0.6) is 0 Å². The molecule has 0 saturated heterocycles. The number of carboxylic acids is 1. The number of aromatic nitrogens is 2. The molecule has 4 nitrogen and oxygen atoms in total. The van der Waals surface area contributed by atoms with Crippen molar-refractivity contribution in [2.45, 2.75) is 17.8 Å². The number of carbonyl (C=O) groups is 1. The maximum absolute atomic E-state index is 10.6. The van der Waals surface area contributed by atoms with Crippen molar-refractivity contribution in [1.29, 1.82) is 0 Å². The van der Waals surface area contributed by atoms with Crippen LogP contribution in [-0.2, 0) is 10.5 Å². The predicted molar refractivity (Wildman–Crippen MR) is 79.4 cm³/mol. The van der Waals surface area contributed by atoms with Gasteiger partial charge in [0.2, 0.25) is 0 Å². The second-order valence-electron chi connectivity index (χ2n) is 4.14. The van der Waals surface area contributed by atoms with E-state index in [2.05, 4.69) is 9.97 Å². The largest absolute Gasteiger partial charge is 0.478 e. The number of aliphatic carboxylic acids is 1. The summed E-state index contributed by atoms with van der Waals surface area (Å²) in [5.74, 6) is -0.252. The molecule has 0 aliphatic carbocycles. The van der Waals surface area contributed by atoms with E-state index >= 15 is 0 Å². The van der Waals surface area contributed by atoms with E-state index in [0.29, 0.717) is 5.75 Å². The molecule has 2 aromatic rings. The Bertz CT molecular complexity index is 641. The maximum atomic E-state index is 10.6. The summed E-state index contributed by atoms with van der Waals surface area (Å²) in [5.41, 5.74) is 2.89. The summed E-state index contributed by atoms with van der Waals surface area (Å²) in [7, 11) is 0. The normalized spacial score (nSPS) is 10.8. The molecule has 0 saturated carbocycles. The predicted octanol–water partition coefficient (Wildman–Crippen LogP) is 3.18. The van der Waals surface area contributed by atoms with Crippen LogP contribution in [0.1, 0.15) is 16.8 Å². The average Bonchev–Trinajstić information content (AvgIpc) is 2.44. The Hall–Kier alpha value is -2.14. The quantitative estimate of drug-likeness (QED) is 0.519. The Kier molecular flexibility index (Phi) is 4.90. The van der Waals surface area contributed by atoms with Crippen LogP contribution in [0.3, 0.4) is 0 Å². The Morgan fingerprint density at radius 3 is 2.90 bits per heavy atom. The van der Waals surface area contributed by atoms with Crippen LogP contribution in [0.4, 0.5) is 0 Å². The lowest BCUT2D eigenvalue weighted by molar-refractivity contribution is -0.131. The van der Waals surface area contributed by atoms with Crippen LogP contribution in [0.15, 0.2) is 47.8 Å². The van der Waals surface area contributed by atoms with Crippen LogP contribution in [0.2, 0.25) is 0 Å². The van der Waals surface area contributed by atoms with Gasteiger partial charge in [0, 0.05) is 23.7 Å². The molecular formula is C15H14N2O2S. The summed E-state index contributed by atoms with van der Waals surface area (Å²) in [6.45, 7) is 1.93. The first-order valence-electron chi connectivity index (χ1n) is 6.06. The fourth-order valence-corrected chi connectivity index (χ4v) is 2.52. The van der Waals surface area contributed by atoms with Gasteiger partial charge in [-0.3, -0.25) is 0 Å². The second-order valence-corrected chi connectivity index (χ2v) is 5.08. The number of hydrogen-bond donors (Lipinski definition) is 1. The van der Waals surface area contributed by atoms with Gasteiger partial charge in [0.25, 0.3) is 0 Å². The molecule has 0 amide bonds. The molecule has 2 rings (SSSR count). The zero-order valence-electron chi connectivity index (χ0n) is 11.0. The fraction of sp³-hybridized carbons (Fsp3) is 0.133. The number of aryl methyl sites for hydroxylation is 1. The van der Waals surface area contributed by atoms with Gasteiger partial charge in [0.15, 0.2) is 5.16 Å². The van der Waals surface area contributed by atoms with Crippen molar-refractivity contribution in [2.75, 3.05) is 0 Å². The van der Waals surface area contributed by atoms with Gasteiger partial charge < -0.3 is 5.11 Å². The van der Waals surface area contributed by atoms with E-state index < -0.39 is 5.97 Å². The Balaban J connectivity index is 2.11. The second kappa shape index (κ2) is 6.86. The Morgan fingerprint density at radius 2 is 2.15 bits per heavy atom. The van der Waals surface area contributed by atoms with Gasteiger partial charge in [-0.1, -0.05) is 36.0 Å². The highest BCUT2D eigenvalue weighted by molar-refractivity contribution is 7.98. The third kappa shape index (κ3) is 4.20. The minimum absolute atomic E-state index is 0.698. The molecule has 0 fully saturated rings. The van der Waals surface area contributed by atoms with Crippen molar-refractivity contribution < 1.29 is 9.90 Å². The fourth-order valence-electron chi connectivity index (χ4n) is 1.63. The summed E-state index contributed by atoms with van der Waals surface area (Å²) < 4.78 is 0. The SMILES string of the molecule is Cc1ccnc(SCc2ccccc2C=CC(=O)O)n1. The summed E-state index contributed by atoms with van der Waals surface area (Å²) in [5, 5.41) is 9.42. The molecule has 102 valence electrons. The first-order valence-corrected chi connectivity index (χ1v) is 7.05. The number of nitrogens with zero attached hydrogens (tertiary/aromatic N) is 2. The van der Waals surface area contributed by atoms with E-state index in [1.807, 2.05) is 37.3 Å². The first-order chi connectivity index (χ1) is 9.65. The molecule has 1 N–H and O–H groups in total. The molecule has 20 heavy (non-hydrogen) atoms. The van der Waals surface area contributed by atoms with Crippen molar-refractivity contribution in [3.8, 4) is 0 Å². The summed E-state index contributed by atoms with van der Waals surface area (Å²) >= 11 is 1.53. The van der Waals surface area contributed by atoms with E-state index in [1.165, 1.54) is 11.8 Å². The zero-order valence-corrected chi connectivity index (χ0v) is 11.8. The average molecular weight is 286 g/mol. The van der Waals surface area contributed by atoms with Crippen LogP contribution in [-0.4, -0.2) is 21.0 Å². The first kappa shape index (κ1) is 14.3. The lowest BCUT2D eigenvalue weighted by atomic mass is 10.1. The van der Waals surface area contributed by atoms with Gasteiger partial charge in [0.05, 0.1) is 0 Å². The number of rotatable bonds is 5. The van der Waals surface area contributed by atoms with Gasteiger partial charge in [-0.15, -0.1) is 0 Å². The van der Waals surface area contributed by atoms with E-state index in [9.17, 15) is 4.79 Å². The van der Waals surface area contributed by atoms with Crippen molar-refractivity contribution in [1.82, 2.24) is 9.97 Å². The topological polar surface area (TPSA) is 63.1 Å². The Labute approximate surface area is 121 Å². The molecule has 0 atom stereocenters. The minimum Gasteiger partial charge on any atom is -0.478 e. The molecule has 1 heterocycles. The van der Waals surface area contributed by atoms with Crippen LogP contribution < -0.4 is 0 Å². The number of thioether (sulfide) groups is 1. The molecule has 5 heteroatoms. The standard InChI is InChI=1S/C15H14N2O2S/c1-11-8-9-16-15(17-11)20-10-13-5-3-2-4-12(13)6-7-14(18)19/h2-9H,10H2,1H3,(H,18,19). The van der Waals surface area contributed by atoms with E-state index in [-0.39, 0.29) is 0 Å². The molecular weight excluding hydrogens is 272 g/mol. The summed E-state index contributed by atoms with van der Waals surface area (Å²) in [6, 6.07) is 9.55. The third-order valence-electron chi connectivity index (χ3n) is 2.59. The van der Waals surface area contributed by atoms with E-state index in [1.54, 1.807) is 12.3 Å². The number of benzene rings is 1. The van der Waals surface area contributed by atoms with Crippen molar-refractivity contribution in [2.24, 2.45) is 0 Å². The molecule has 0 unspecified atom stereocenters. The summed E-state index contributed by atoms with van der Waals surface area (Å²) in [6.07, 6.45) is 4.49. The van der Waals surface area contributed by atoms with Crippen LogP contribution >= 0.6 is 11.8 Å². The number of carboxylic acid groups (broad SMARTS) is 1. The summed E-state index contributed by atoms with van der Waals surface area (Å²) in [4.78, 5) is 19.1. The lowest BCUT2D eigenvalue weighted by Gasteiger charge is -2.05. The molecule has 1 aromatic carbocycles. The lowest BCUT2D eigenvalue weighted by Crippen LogP contribution is -1.92. The van der Waals surface area contributed by atoms with Gasteiger partial charge in [-0.25, -0.2) is 14.8 Å². The van der Waals surface area contributed by atoms with Gasteiger partial charge in [-0.2, -0.15) is 0 Å². The Morgan fingerprint density at radius 1 is 1.35 bits per heavy atom. The van der Waals surface area contributed by atoms with Gasteiger partial charge in [0.1, 0.15) is 0 Å². The number of hydrogen-bond acceptors (Lipinski definition) is 4. The van der Waals surface area contributed by atoms with Crippen molar-refractivity contribution in [3.63, 3.8) is 0 Å². The van der Waals surface area contributed by atoms with Gasteiger partial charge in [-0.05, 0) is 30.2 Å². The van der Waals surface area contributed by atoms with E-state index in [0.717, 1.165) is 28.1 Å². The van der Waals surface area contributed by atoms with Crippen LogP contribution in [0.25, 0.3) is 6.08 Å². The molecule has 0 spiro atoms. The highest BCUT2D eigenvalue weighted by Gasteiger charge is 2.03. The molecule has 0 aliphatic heterocycles. The highest BCUT2D eigenvalue weighted by atomic mass is 32.2. The zero-order chi connectivity index (χ0) is 14.4. The monoisotopic (exact) mass is 286 g/mol. The molecule has 0 aliphatic rings. The highest BCUT2D eigenvalue weighted by Crippen LogP contribution is 2.22. The maximum Gasteiger partial charge on any atom is 0.328 e. The van der Waals surface area contributed by atoms with Gasteiger partial charge >= 0.3 is 5.97 Å². The minimum atomic E-state index is -0.950. The molecule has 0 bridgehead atoms. The van der Waals surface area contributed by atoms with E-state index in [4.69, 9.17) is 5.11 Å². The third-order valence-corrected chi connectivity index (χ3v) is 3.50. The van der Waals surface area contributed by atoms with Crippen LogP contribution in [0, 0.1) is 6.92 Å². The molecule has 1 aromatic heterocycles. The molecule has 0 radical (unpaired) electrons. The van der Waals surface area contributed by atoms with Crippen molar-refractivity contribution in [3.05, 3.63) is 59.4 Å². The smallest absolute Gasteiger partial charge is 0.328 e.